The molecule has 0 saturated heterocycles. The summed E-state index contributed by atoms with van der Waals surface area (Å²) in [5, 5.41) is 0.665. The van der Waals surface area contributed by atoms with E-state index >= 15 is 0 Å². The number of pyridine rings is 1. The number of nitrogens with zero attached hydrogens (tertiary/aromatic N) is 2. The van der Waals surface area contributed by atoms with Gasteiger partial charge in [-0.15, -0.1) is 6.58 Å². The van der Waals surface area contributed by atoms with Gasteiger partial charge in [0.15, 0.2) is 0 Å². The van der Waals surface area contributed by atoms with Gasteiger partial charge in [0.05, 0.1) is 5.02 Å². The molecule has 13 heavy (non-hydrogen) atoms. The molecule has 1 aromatic rings. The van der Waals surface area contributed by atoms with Crippen LogP contribution in [0.15, 0.2) is 31.0 Å². The number of likely N-dealkylation sites (N-methyl/N-ethyl adjacent to an activating group) is 1. The molecule has 0 N–H and O–H groups in total. The molecule has 0 bridgehead atoms. The summed E-state index contributed by atoms with van der Waals surface area (Å²) in [5.41, 5.74) is 0. The molecule has 0 aromatic carbocycles. The molecule has 1 aromatic heterocycles. The predicted octanol–water partition coefficient (Wildman–Crippen LogP) is 2.75. The maximum absolute atomic E-state index is 5.74. The maximum Gasteiger partial charge on any atom is 0.128 e. The third-order valence-electron chi connectivity index (χ3n) is 1.77. The van der Waals surface area contributed by atoms with Crippen LogP contribution in [-0.2, 0) is 0 Å². The highest BCUT2D eigenvalue weighted by atomic mass is 35.5. The fraction of sp³-hybridized carbons (Fsp3) is 0.300. The quantitative estimate of drug-likeness (QED) is 0.689. The molecule has 0 unspecified atom stereocenters. The minimum absolute atomic E-state index is 0.665. The minimum atomic E-state index is 0.665. The Labute approximate surface area is 83.8 Å². The van der Waals surface area contributed by atoms with E-state index in [1.807, 2.05) is 18.2 Å². The fourth-order valence-electron chi connectivity index (χ4n) is 1.10. The summed E-state index contributed by atoms with van der Waals surface area (Å²) in [5.74, 6) is 0.937. The van der Waals surface area contributed by atoms with E-state index in [-0.39, 0.29) is 0 Å². The molecule has 0 aliphatic rings. The first kappa shape index (κ1) is 10.1. The first-order chi connectivity index (χ1) is 6.27. The second-order valence-corrected chi connectivity index (χ2v) is 3.10. The van der Waals surface area contributed by atoms with Gasteiger partial charge in [0, 0.05) is 19.3 Å². The van der Waals surface area contributed by atoms with Crippen molar-refractivity contribution in [2.75, 3.05) is 18.0 Å². The van der Waals surface area contributed by atoms with Crippen LogP contribution in [0.1, 0.15) is 6.92 Å². The van der Waals surface area contributed by atoms with Crippen LogP contribution in [0, 0.1) is 0 Å². The van der Waals surface area contributed by atoms with E-state index in [1.165, 1.54) is 0 Å². The number of hydrogen-bond donors (Lipinski definition) is 0. The first-order valence-electron chi connectivity index (χ1n) is 4.25. The van der Waals surface area contributed by atoms with Crippen molar-refractivity contribution >= 4 is 17.4 Å². The Hall–Kier alpha value is -1.02. The number of halogens is 1. The number of hydrogen-bond acceptors (Lipinski definition) is 2. The molecule has 0 aliphatic heterocycles. The molecule has 0 atom stereocenters. The summed E-state index contributed by atoms with van der Waals surface area (Å²) >= 11 is 5.74. The van der Waals surface area contributed by atoms with Gasteiger partial charge in [0.2, 0.25) is 0 Å². The molecule has 0 spiro atoms. The average Bonchev–Trinajstić information content (AvgIpc) is 2.16. The van der Waals surface area contributed by atoms with Crippen LogP contribution in [-0.4, -0.2) is 18.1 Å². The van der Waals surface area contributed by atoms with Gasteiger partial charge in [-0.3, -0.25) is 0 Å². The van der Waals surface area contributed by atoms with Crippen LogP contribution in [0.3, 0.4) is 0 Å². The smallest absolute Gasteiger partial charge is 0.128 e. The Kier molecular flexibility index (Phi) is 3.77. The molecule has 0 fully saturated rings. The molecule has 1 heterocycles. The van der Waals surface area contributed by atoms with E-state index in [1.54, 1.807) is 6.20 Å². The minimum Gasteiger partial charge on any atom is -0.353 e. The Morgan fingerprint density at radius 2 is 2.38 bits per heavy atom. The zero-order valence-corrected chi connectivity index (χ0v) is 8.46. The van der Waals surface area contributed by atoms with Gasteiger partial charge < -0.3 is 4.90 Å². The Morgan fingerprint density at radius 1 is 1.62 bits per heavy atom. The van der Waals surface area contributed by atoms with E-state index < -0.39 is 0 Å². The fourth-order valence-corrected chi connectivity index (χ4v) is 1.21. The van der Waals surface area contributed by atoms with Crippen molar-refractivity contribution in [2.45, 2.75) is 6.92 Å². The lowest BCUT2D eigenvalue weighted by atomic mass is 10.4. The lowest BCUT2D eigenvalue weighted by Gasteiger charge is -2.19. The summed E-state index contributed by atoms with van der Waals surface area (Å²) in [6, 6.07) is 3.75. The third kappa shape index (κ3) is 2.74. The lowest BCUT2D eigenvalue weighted by molar-refractivity contribution is 0.883. The second-order valence-electron chi connectivity index (χ2n) is 2.66. The van der Waals surface area contributed by atoms with Crippen molar-refractivity contribution in [1.29, 1.82) is 0 Å². The molecule has 1 rings (SSSR count). The standard InChI is InChI=1S/C10H13ClN2/c1-3-7-13(4-2)10-6-5-9(11)8-12-10/h3,5-6,8H,1,4,7H2,2H3. The lowest BCUT2D eigenvalue weighted by Crippen LogP contribution is -2.23. The maximum atomic E-state index is 5.74. The van der Waals surface area contributed by atoms with Crippen molar-refractivity contribution in [2.24, 2.45) is 0 Å². The van der Waals surface area contributed by atoms with Crippen LogP contribution in [0.2, 0.25) is 5.02 Å². The SMILES string of the molecule is C=CCN(CC)c1ccc(Cl)cn1. The van der Waals surface area contributed by atoms with Crippen molar-refractivity contribution in [3.05, 3.63) is 36.0 Å². The van der Waals surface area contributed by atoms with Crippen molar-refractivity contribution in [3.8, 4) is 0 Å². The molecule has 0 saturated carbocycles. The molecule has 3 heteroatoms. The van der Waals surface area contributed by atoms with E-state index in [0.29, 0.717) is 5.02 Å². The van der Waals surface area contributed by atoms with E-state index in [9.17, 15) is 0 Å². The summed E-state index contributed by atoms with van der Waals surface area (Å²) in [7, 11) is 0. The largest absolute Gasteiger partial charge is 0.353 e. The predicted molar refractivity (Wildman–Crippen MR) is 57.3 cm³/mol. The summed E-state index contributed by atoms with van der Waals surface area (Å²) in [6.45, 7) is 7.51. The van der Waals surface area contributed by atoms with Gasteiger partial charge in [-0.25, -0.2) is 4.98 Å². The molecule has 70 valence electrons. The molecule has 2 nitrogen and oxygen atoms in total. The summed E-state index contributed by atoms with van der Waals surface area (Å²) < 4.78 is 0. The van der Waals surface area contributed by atoms with Gasteiger partial charge >= 0.3 is 0 Å². The van der Waals surface area contributed by atoms with Crippen LogP contribution in [0.5, 0.6) is 0 Å². The normalized spacial score (nSPS) is 9.69. The Balaban J connectivity index is 2.78. The highest BCUT2D eigenvalue weighted by molar-refractivity contribution is 6.30. The number of rotatable bonds is 4. The number of anilines is 1. The van der Waals surface area contributed by atoms with Crippen LogP contribution in [0.4, 0.5) is 5.82 Å². The zero-order valence-electron chi connectivity index (χ0n) is 7.70. The monoisotopic (exact) mass is 196 g/mol. The summed E-state index contributed by atoms with van der Waals surface area (Å²) in [6.07, 6.45) is 3.52. The highest BCUT2D eigenvalue weighted by Gasteiger charge is 2.02. The molecular formula is C10H13ClN2. The van der Waals surface area contributed by atoms with E-state index in [4.69, 9.17) is 11.6 Å². The van der Waals surface area contributed by atoms with Crippen molar-refractivity contribution < 1.29 is 0 Å². The van der Waals surface area contributed by atoms with Gasteiger partial charge in [0.25, 0.3) is 0 Å². The molecule has 0 amide bonds. The third-order valence-corrected chi connectivity index (χ3v) is 1.99. The summed E-state index contributed by atoms with van der Waals surface area (Å²) in [4.78, 5) is 6.33. The zero-order chi connectivity index (χ0) is 9.68. The van der Waals surface area contributed by atoms with Gasteiger partial charge in [-0.05, 0) is 19.1 Å². The van der Waals surface area contributed by atoms with Gasteiger partial charge in [-0.2, -0.15) is 0 Å². The van der Waals surface area contributed by atoms with Crippen LogP contribution >= 0.6 is 11.6 Å². The first-order valence-corrected chi connectivity index (χ1v) is 4.63. The average molecular weight is 197 g/mol. The van der Waals surface area contributed by atoms with Crippen LogP contribution in [0.25, 0.3) is 0 Å². The van der Waals surface area contributed by atoms with Crippen molar-refractivity contribution in [3.63, 3.8) is 0 Å². The molecular weight excluding hydrogens is 184 g/mol. The van der Waals surface area contributed by atoms with Crippen LogP contribution < -0.4 is 4.90 Å². The number of aromatic nitrogens is 1. The molecule has 0 aliphatic carbocycles. The second kappa shape index (κ2) is 4.87. The molecule has 0 radical (unpaired) electrons. The topological polar surface area (TPSA) is 16.1 Å². The van der Waals surface area contributed by atoms with Crippen molar-refractivity contribution in [1.82, 2.24) is 4.98 Å². The highest BCUT2D eigenvalue weighted by Crippen LogP contribution is 2.13. The van der Waals surface area contributed by atoms with E-state index in [0.717, 1.165) is 18.9 Å². The van der Waals surface area contributed by atoms with Gasteiger partial charge in [-0.1, -0.05) is 17.7 Å². The Morgan fingerprint density at radius 3 is 2.85 bits per heavy atom. The Bertz CT molecular complexity index is 269. The van der Waals surface area contributed by atoms with E-state index in [2.05, 4.69) is 23.4 Å². The van der Waals surface area contributed by atoms with Gasteiger partial charge in [0.1, 0.15) is 5.82 Å².